The summed E-state index contributed by atoms with van der Waals surface area (Å²) in [6.45, 7) is 1.71. The third-order valence-electron chi connectivity index (χ3n) is 6.32. The molecule has 2 aromatic carbocycles. The summed E-state index contributed by atoms with van der Waals surface area (Å²) in [6, 6.07) is 15.8. The quantitative estimate of drug-likeness (QED) is 0.625. The predicted octanol–water partition coefficient (Wildman–Crippen LogP) is 2.97. The molecular weight excluding hydrogens is 420 g/mol. The first-order valence-electron chi connectivity index (χ1n) is 11.3. The van der Waals surface area contributed by atoms with Gasteiger partial charge in [-0.25, -0.2) is 0 Å². The van der Waals surface area contributed by atoms with Crippen LogP contribution in [0.3, 0.4) is 0 Å². The van der Waals surface area contributed by atoms with E-state index < -0.39 is 0 Å². The summed E-state index contributed by atoms with van der Waals surface area (Å²) < 4.78 is 10.7. The van der Waals surface area contributed by atoms with Gasteiger partial charge in [0.2, 0.25) is 12.7 Å². The monoisotopic (exact) mass is 446 g/mol. The zero-order valence-electron chi connectivity index (χ0n) is 18.3. The first-order valence-corrected chi connectivity index (χ1v) is 11.3. The van der Waals surface area contributed by atoms with Crippen LogP contribution >= 0.6 is 0 Å². The molecule has 2 aliphatic heterocycles. The number of carbonyl (C=O) groups excluding carboxylic acids is 1. The number of likely N-dealkylation sites (tertiary alicyclic amines) is 1. The number of hydrogen-bond donors (Lipinski definition) is 1. The Kier molecular flexibility index (Phi) is 6.06. The number of aromatic nitrogens is 3. The molecule has 1 amide bonds. The van der Waals surface area contributed by atoms with Crippen molar-refractivity contribution >= 4 is 5.91 Å². The molecule has 1 N–H and O–H groups in total. The van der Waals surface area contributed by atoms with E-state index in [2.05, 4.69) is 39.4 Å². The van der Waals surface area contributed by atoms with Gasteiger partial charge >= 0.3 is 0 Å². The fourth-order valence-electron chi connectivity index (χ4n) is 4.42. The molecule has 3 aromatic rings. The number of rotatable bonds is 6. The lowest BCUT2D eigenvalue weighted by Gasteiger charge is -2.32. The molecule has 0 aliphatic carbocycles. The van der Waals surface area contributed by atoms with Crippen LogP contribution in [-0.4, -0.2) is 45.9 Å². The van der Waals surface area contributed by atoms with Gasteiger partial charge in [-0.1, -0.05) is 30.3 Å². The van der Waals surface area contributed by atoms with Crippen LogP contribution in [0.1, 0.15) is 30.5 Å². The Labute approximate surface area is 191 Å². The molecule has 0 saturated carbocycles. The van der Waals surface area contributed by atoms with E-state index in [-0.39, 0.29) is 36.8 Å². The van der Waals surface area contributed by atoms with Gasteiger partial charge in [0.1, 0.15) is 5.69 Å². The molecule has 0 bridgehead atoms. The van der Waals surface area contributed by atoms with E-state index in [1.807, 2.05) is 11.0 Å². The Bertz CT molecular complexity index is 1190. The Morgan fingerprint density at radius 1 is 1.03 bits per heavy atom. The Hall–Kier alpha value is -3.68. The van der Waals surface area contributed by atoms with Crippen LogP contribution in [0.15, 0.2) is 53.3 Å². The molecule has 8 nitrogen and oxygen atoms in total. The fourth-order valence-corrected chi connectivity index (χ4v) is 4.42. The van der Waals surface area contributed by atoms with Gasteiger partial charge in [0.05, 0.1) is 0 Å². The van der Waals surface area contributed by atoms with Crippen molar-refractivity contribution in [3.05, 3.63) is 70.1 Å². The topological polar surface area (TPSA) is 97.4 Å². The number of piperidine rings is 1. The molecule has 0 spiro atoms. The number of aryl methyl sites for hydroxylation is 1. The lowest BCUT2D eigenvalue weighted by atomic mass is 9.90. The molecule has 33 heavy (non-hydrogen) atoms. The average molecular weight is 447 g/mol. The molecule has 1 saturated heterocycles. The number of hydrogen-bond acceptors (Lipinski definition) is 6. The lowest BCUT2D eigenvalue weighted by Crippen LogP contribution is -2.39. The molecule has 3 heterocycles. The van der Waals surface area contributed by atoms with Crippen LogP contribution in [-0.2, 0) is 17.6 Å². The number of fused-ring (bicyclic) bond motifs is 1. The highest BCUT2D eigenvalue weighted by Crippen LogP contribution is 2.34. The summed E-state index contributed by atoms with van der Waals surface area (Å²) in [5, 5.41) is 8.24. The van der Waals surface area contributed by atoms with Crippen LogP contribution in [0.4, 0.5) is 0 Å². The van der Waals surface area contributed by atoms with Crippen molar-refractivity contribution in [2.24, 2.45) is 5.92 Å². The normalized spacial score (nSPS) is 15.6. The third-order valence-corrected chi connectivity index (χ3v) is 6.32. The average Bonchev–Trinajstić information content (AvgIpc) is 3.32. The Morgan fingerprint density at radius 2 is 1.82 bits per heavy atom. The van der Waals surface area contributed by atoms with Gasteiger partial charge < -0.3 is 19.4 Å². The molecule has 2 aliphatic rings. The van der Waals surface area contributed by atoms with E-state index in [1.54, 1.807) is 18.2 Å². The number of aromatic amines is 1. The number of benzene rings is 2. The highest BCUT2D eigenvalue weighted by atomic mass is 16.7. The third kappa shape index (κ3) is 4.89. The zero-order valence-corrected chi connectivity index (χ0v) is 18.3. The second kappa shape index (κ2) is 9.44. The maximum absolute atomic E-state index is 12.7. The number of ether oxygens (including phenoxy) is 2. The number of nitrogens with one attached hydrogen (secondary N) is 1. The SMILES string of the molecule is O=C(CCc1nnc(-c2ccc3c(c2)OCO3)[nH]c1=O)N1CCC(Cc2ccccc2)CC1. The molecule has 8 heteroatoms. The standard InChI is InChI=1S/C25H26N4O4/c30-23(29-12-10-18(11-13-29)14-17-4-2-1-3-5-17)9-7-20-25(31)26-24(28-27-20)19-6-8-21-22(15-19)33-16-32-21/h1-6,8,15,18H,7,9-14,16H2,(H,26,28,31). The summed E-state index contributed by atoms with van der Waals surface area (Å²) in [5.41, 5.74) is 1.98. The van der Waals surface area contributed by atoms with Crippen molar-refractivity contribution in [3.8, 4) is 22.9 Å². The summed E-state index contributed by atoms with van der Waals surface area (Å²) in [5.74, 6) is 2.29. The summed E-state index contributed by atoms with van der Waals surface area (Å²) in [6.07, 6.45) is 3.59. The van der Waals surface area contributed by atoms with Crippen LogP contribution in [0.5, 0.6) is 11.5 Å². The van der Waals surface area contributed by atoms with Crippen molar-refractivity contribution < 1.29 is 14.3 Å². The second-order valence-electron chi connectivity index (χ2n) is 8.53. The van der Waals surface area contributed by atoms with Crippen molar-refractivity contribution in [2.45, 2.75) is 32.1 Å². The van der Waals surface area contributed by atoms with E-state index in [9.17, 15) is 9.59 Å². The van der Waals surface area contributed by atoms with E-state index in [4.69, 9.17) is 9.47 Å². The Balaban J connectivity index is 1.14. The smallest absolute Gasteiger partial charge is 0.273 e. The van der Waals surface area contributed by atoms with Gasteiger partial charge in [0, 0.05) is 31.5 Å². The van der Waals surface area contributed by atoms with E-state index in [1.165, 1.54) is 5.56 Å². The minimum absolute atomic E-state index is 0.0641. The highest BCUT2D eigenvalue weighted by molar-refractivity contribution is 5.76. The highest BCUT2D eigenvalue weighted by Gasteiger charge is 2.23. The van der Waals surface area contributed by atoms with Gasteiger partial charge in [0.15, 0.2) is 17.3 Å². The van der Waals surface area contributed by atoms with Crippen molar-refractivity contribution in [3.63, 3.8) is 0 Å². The van der Waals surface area contributed by atoms with Gasteiger partial charge in [0.25, 0.3) is 5.56 Å². The molecule has 0 unspecified atom stereocenters. The maximum Gasteiger partial charge on any atom is 0.273 e. The van der Waals surface area contributed by atoms with E-state index in [0.29, 0.717) is 28.8 Å². The van der Waals surface area contributed by atoms with Crippen molar-refractivity contribution in [1.82, 2.24) is 20.1 Å². The molecule has 0 atom stereocenters. The van der Waals surface area contributed by atoms with Crippen LogP contribution in [0.2, 0.25) is 0 Å². The molecule has 1 aromatic heterocycles. The van der Waals surface area contributed by atoms with Crippen molar-refractivity contribution in [1.29, 1.82) is 0 Å². The molecule has 0 radical (unpaired) electrons. The summed E-state index contributed by atoms with van der Waals surface area (Å²) in [7, 11) is 0. The lowest BCUT2D eigenvalue weighted by molar-refractivity contribution is -0.132. The first-order chi connectivity index (χ1) is 16.2. The minimum atomic E-state index is -0.327. The largest absolute Gasteiger partial charge is 0.454 e. The number of nitrogens with zero attached hydrogens (tertiary/aromatic N) is 3. The number of carbonyl (C=O) groups is 1. The minimum Gasteiger partial charge on any atom is -0.454 e. The Morgan fingerprint density at radius 3 is 2.61 bits per heavy atom. The summed E-state index contributed by atoms with van der Waals surface area (Å²) >= 11 is 0. The van der Waals surface area contributed by atoms with E-state index >= 15 is 0 Å². The van der Waals surface area contributed by atoms with Crippen molar-refractivity contribution in [2.75, 3.05) is 19.9 Å². The van der Waals surface area contributed by atoms with E-state index in [0.717, 1.165) is 32.4 Å². The van der Waals surface area contributed by atoms with Gasteiger partial charge in [-0.05, 0) is 48.9 Å². The summed E-state index contributed by atoms with van der Waals surface area (Å²) in [4.78, 5) is 29.9. The van der Waals surface area contributed by atoms with Gasteiger partial charge in [-0.15, -0.1) is 10.2 Å². The van der Waals surface area contributed by atoms with Crippen LogP contribution in [0.25, 0.3) is 11.4 Å². The molecule has 170 valence electrons. The fraction of sp³-hybridized carbons (Fsp3) is 0.360. The van der Waals surface area contributed by atoms with Crippen LogP contribution < -0.4 is 15.0 Å². The second-order valence-corrected chi connectivity index (χ2v) is 8.53. The molecular formula is C25H26N4O4. The predicted molar refractivity (Wildman–Crippen MR) is 122 cm³/mol. The number of amides is 1. The molecule has 1 fully saturated rings. The maximum atomic E-state index is 12.7. The first kappa shape index (κ1) is 21.2. The zero-order chi connectivity index (χ0) is 22.6. The molecule has 5 rings (SSSR count). The number of H-pyrrole nitrogens is 1. The van der Waals surface area contributed by atoms with Gasteiger partial charge in [-0.3, -0.25) is 9.59 Å². The van der Waals surface area contributed by atoms with Gasteiger partial charge in [-0.2, -0.15) is 0 Å². The van der Waals surface area contributed by atoms with Crippen LogP contribution in [0, 0.1) is 5.92 Å².